The average molecular weight is 536 g/mol. The number of carbonyl (C=O) groups is 1. The zero-order chi connectivity index (χ0) is 26.2. The first-order valence-corrected chi connectivity index (χ1v) is 14.6. The Kier molecular flexibility index (Phi) is 7.39. The molecule has 6 rings (SSSR count). The van der Waals surface area contributed by atoms with E-state index >= 15 is 0 Å². The number of nitrogens with zero attached hydrogens (tertiary/aromatic N) is 3. The molecule has 6 nitrogen and oxygen atoms in total. The number of carboxylic acid groups (broad SMARTS) is 1. The molecule has 0 amide bonds. The van der Waals surface area contributed by atoms with Crippen molar-refractivity contribution in [2.24, 2.45) is 0 Å². The molecule has 2 fully saturated rings. The van der Waals surface area contributed by atoms with Crippen molar-refractivity contribution < 1.29 is 14.6 Å². The van der Waals surface area contributed by atoms with E-state index in [0.29, 0.717) is 17.6 Å². The van der Waals surface area contributed by atoms with E-state index in [4.69, 9.17) is 16.3 Å². The van der Waals surface area contributed by atoms with Crippen LogP contribution in [-0.4, -0.2) is 66.5 Å². The van der Waals surface area contributed by atoms with Crippen molar-refractivity contribution >= 4 is 34.2 Å². The molecule has 1 aromatic heterocycles. The van der Waals surface area contributed by atoms with Crippen LogP contribution in [0.2, 0.25) is 5.02 Å². The topological polar surface area (TPSA) is 57.9 Å². The van der Waals surface area contributed by atoms with Crippen molar-refractivity contribution in [3.63, 3.8) is 0 Å². The van der Waals surface area contributed by atoms with Crippen molar-refractivity contribution in [1.82, 2.24) is 9.47 Å². The van der Waals surface area contributed by atoms with Crippen molar-refractivity contribution in [1.29, 1.82) is 0 Å². The van der Waals surface area contributed by atoms with Crippen molar-refractivity contribution in [2.45, 2.75) is 63.5 Å². The maximum Gasteiger partial charge on any atom is 0.335 e. The van der Waals surface area contributed by atoms with Gasteiger partial charge < -0.3 is 19.3 Å². The van der Waals surface area contributed by atoms with Gasteiger partial charge in [0.25, 0.3) is 0 Å². The van der Waals surface area contributed by atoms with Gasteiger partial charge in [-0.15, -0.1) is 0 Å². The molecule has 2 aliphatic heterocycles. The van der Waals surface area contributed by atoms with Crippen molar-refractivity contribution in [3.8, 4) is 11.3 Å². The normalized spacial score (nSPS) is 20.8. The number of rotatable bonds is 6. The van der Waals surface area contributed by atoms with E-state index in [1.165, 1.54) is 66.4 Å². The second-order valence-corrected chi connectivity index (χ2v) is 11.7. The lowest BCUT2D eigenvalue weighted by Gasteiger charge is -2.34. The molecule has 0 bridgehead atoms. The molecule has 38 heavy (non-hydrogen) atoms. The standard InChI is InChI=1S/C31H38ClN3O3/c1-38-24-8-5-13-33(20-24)14-15-34-16-17-35-28-18-22(31(36)37)9-11-25(28)29(21-6-3-2-4-7-21)30(35)26-12-10-23(32)19-27(26)34/h9-12,18-19,21,24H,2-8,13-17,20H2,1H3,(H,36,37). The van der Waals surface area contributed by atoms with Gasteiger partial charge in [0.1, 0.15) is 0 Å². The minimum Gasteiger partial charge on any atom is -0.478 e. The van der Waals surface area contributed by atoms with E-state index in [-0.39, 0.29) is 0 Å². The highest BCUT2D eigenvalue weighted by atomic mass is 35.5. The van der Waals surface area contributed by atoms with Crippen LogP contribution in [0.15, 0.2) is 36.4 Å². The highest BCUT2D eigenvalue weighted by Gasteiger charge is 2.31. The highest BCUT2D eigenvalue weighted by Crippen LogP contribution is 2.47. The van der Waals surface area contributed by atoms with Gasteiger partial charge in [-0.1, -0.05) is 36.9 Å². The number of aromatic nitrogens is 1. The van der Waals surface area contributed by atoms with E-state index in [2.05, 4.69) is 32.6 Å². The molecule has 1 atom stereocenters. The second-order valence-electron chi connectivity index (χ2n) is 11.2. The number of likely N-dealkylation sites (tertiary alicyclic amines) is 1. The molecule has 202 valence electrons. The third kappa shape index (κ3) is 4.83. The number of carboxylic acids is 1. The first kappa shape index (κ1) is 25.7. The number of halogens is 1. The van der Waals surface area contributed by atoms with E-state index in [9.17, 15) is 9.90 Å². The number of hydrogen-bond acceptors (Lipinski definition) is 4. The van der Waals surface area contributed by atoms with Crippen LogP contribution in [0.1, 0.15) is 66.8 Å². The lowest BCUT2D eigenvalue weighted by atomic mass is 9.81. The number of ether oxygens (including phenoxy) is 1. The van der Waals surface area contributed by atoms with Crippen LogP contribution in [0.25, 0.3) is 22.2 Å². The smallest absolute Gasteiger partial charge is 0.335 e. The molecule has 0 spiro atoms. The van der Waals surface area contributed by atoms with Crippen LogP contribution in [0, 0.1) is 0 Å². The summed E-state index contributed by atoms with van der Waals surface area (Å²) in [5.74, 6) is -0.382. The quantitative estimate of drug-likeness (QED) is 0.383. The van der Waals surface area contributed by atoms with E-state index in [1.54, 1.807) is 6.07 Å². The summed E-state index contributed by atoms with van der Waals surface area (Å²) in [5.41, 5.74) is 6.47. The predicted octanol–water partition coefficient (Wildman–Crippen LogP) is 6.64. The van der Waals surface area contributed by atoms with Crippen LogP contribution in [0.4, 0.5) is 5.69 Å². The van der Waals surface area contributed by atoms with E-state index in [0.717, 1.165) is 56.2 Å². The Hall–Kier alpha value is -2.54. The largest absolute Gasteiger partial charge is 0.478 e. The molecule has 1 saturated carbocycles. The van der Waals surface area contributed by atoms with Gasteiger partial charge in [-0.2, -0.15) is 0 Å². The number of piperidine rings is 1. The summed E-state index contributed by atoms with van der Waals surface area (Å²) < 4.78 is 8.06. The number of benzene rings is 2. The highest BCUT2D eigenvalue weighted by molar-refractivity contribution is 6.31. The fourth-order valence-corrected chi connectivity index (χ4v) is 7.21. The summed E-state index contributed by atoms with van der Waals surface area (Å²) in [6.07, 6.45) is 8.82. The van der Waals surface area contributed by atoms with Gasteiger partial charge in [-0.05, 0) is 74.0 Å². The molecule has 3 heterocycles. The van der Waals surface area contributed by atoms with Gasteiger partial charge in [0.15, 0.2) is 0 Å². The Morgan fingerprint density at radius 1 is 1.00 bits per heavy atom. The minimum atomic E-state index is -0.875. The van der Waals surface area contributed by atoms with Gasteiger partial charge in [0.05, 0.1) is 17.4 Å². The van der Waals surface area contributed by atoms with Crippen LogP contribution in [-0.2, 0) is 11.3 Å². The van der Waals surface area contributed by atoms with Crippen LogP contribution in [0.5, 0.6) is 0 Å². The lowest BCUT2D eigenvalue weighted by molar-refractivity contribution is 0.0324. The molecular weight excluding hydrogens is 498 g/mol. The van der Waals surface area contributed by atoms with Crippen LogP contribution in [0.3, 0.4) is 0 Å². The van der Waals surface area contributed by atoms with Crippen molar-refractivity contribution in [2.75, 3.05) is 44.7 Å². The summed E-state index contributed by atoms with van der Waals surface area (Å²) >= 11 is 6.61. The maximum absolute atomic E-state index is 11.9. The third-order valence-corrected chi connectivity index (χ3v) is 9.23. The van der Waals surface area contributed by atoms with Crippen molar-refractivity contribution in [3.05, 3.63) is 52.5 Å². The average Bonchev–Trinajstić information content (AvgIpc) is 3.18. The Bertz CT molecular complexity index is 1330. The molecule has 3 aliphatic rings. The number of anilines is 1. The number of methoxy groups -OCH3 is 1. The summed E-state index contributed by atoms with van der Waals surface area (Å²) in [4.78, 5) is 16.9. The molecule has 3 aromatic rings. The number of fused-ring (bicyclic) bond motifs is 5. The summed E-state index contributed by atoms with van der Waals surface area (Å²) in [6.45, 7) is 5.68. The molecule has 0 radical (unpaired) electrons. The van der Waals surface area contributed by atoms with Crippen LogP contribution < -0.4 is 4.90 Å². The van der Waals surface area contributed by atoms with Gasteiger partial charge in [0.2, 0.25) is 0 Å². The monoisotopic (exact) mass is 535 g/mol. The molecule has 7 heteroatoms. The zero-order valence-corrected chi connectivity index (χ0v) is 23.1. The van der Waals surface area contributed by atoms with Gasteiger partial charge >= 0.3 is 5.97 Å². The van der Waals surface area contributed by atoms with Gasteiger partial charge in [-0.25, -0.2) is 4.79 Å². The molecule has 1 saturated heterocycles. The number of hydrogen-bond donors (Lipinski definition) is 1. The first-order chi connectivity index (χ1) is 18.5. The minimum absolute atomic E-state index is 0.322. The van der Waals surface area contributed by atoms with E-state index in [1.807, 2.05) is 19.2 Å². The van der Waals surface area contributed by atoms with Gasteiger partial charge in [-0.3, -0.25) is 4.90 Å². The summed E-state index contributed by atoms with van der Waals surface area (Å²) in [5, 5.41) is 11.7. The Morgan fingerprint density at radius 2 is 1.84 bits per heavy atom. The molecule has 2 aromatic carbocycles. The van der Waals surface area contributed by atoms with Crippen LogP contribution >= 0.6 is 11.6 Å². The molecule has 1 aliphatic carbocycles. The predicted molar refractivity (Wildman–Crippen MR) is 154 cm³/mol. The molecular formula is C31H38ClN3O3. The summed E-state index contributed by atoms with van der Waals surface area (Å²) in [7, 11) is 1.82. The lowest BCUT2D eigenvalue weighted by Crippen LogP contribution is -2.43. The molecule has 1 unspecified atom stereocenters. The zero-order valence-electron chi connectivity index (χ0n) is 22.3. The summed E-state index contributed by atoms with van der Waals surface area (Å²) in [6, 6.07) is 12.0. The third-order valence-electron chi connectivity index (χ3n) is 8.99. The maximum atomic E-state index is 11.9. The van der Waals surface area contributed by atoms with Gasteiger partial charge in [0, 0.05) is 67.0 Å². The SMILES string of the molecule is COC1CCCN(CCN2CCn3c(c(C4CCCCC4)c4ccc(C(=O)O)cc43)-c3ccc(Cl)cc32)C1. The fraction of sp³-hybridized carbons (Fsp3) is 0.516. The Balaban J connectivity index is 1.43. The molecule has 1 N–H and O–H groups in total. The number of aromatic carboxylic acids is 1. The Labute approximate surface area is 230 Å². The second kappa shape index (κ2) is 10.9. The van der Waals surface area contributed by atoms with E-state index < -0.39 is 5.97 Å². The fourth-order valence-electron chi connectivity index (χ4n) is 7.05. The Morgan fingerprint density at radius 3 is 2.63 bits per heavy atom. The first-order valence-electron chi connectivity index (χ1n) is 14.2.